The first-order valence-electron chi connectivity index (χ1n) is 4.67. The summed E-state index contributed by atoms with van der Waals surface area (Å²) in [5.74, 6) is -0.129. The van der Waals surface area contributed by atoms with Gasteiger partial charge in [-0.2, -0.15) is 16.3 Å². The van der Waals surface area contributed by atoms with Crippen LogP contribution in [0.1, 0.15) is 29.1 Å². The summed E-state index contributed by atoms with van der Waals surface area (Å²) in [6, 6.07) is 1.90. The zero-order valence-corrected chi connectivity index (χ0v) is 9.41. The smallest absolute Gasteiger partial charge is 0.289 e. The lowest BCUT2D eigenvalue weighted by molar-refractivity contribution is 0.0930. The summed E-state index contributed by atoms with van der Waals surface area (Å²) in [7, 11) is 0. The summed E-state index contributed by atoms with van der Waals surface area (Å²) in [5.41, 5.74) is 6.37. The number of amides is 1. The molecule has 1 atom stereocenters. The number of rotatable bonds is 3. The monoisotopic (exact) mass is 237 g/mol. The number of hydrogen-bond donors (Lipinski definition) is 3. The molecule has 0 spiro atoms. The van der Waals surface area contributed by atoms with Gasteiger partial charge in [-0.05, 0) is 29.3 Å². The Labute approximate surface area is 95.9 Å². The van der Waals surface area contributed by atoms with Crippen molar-refractivity contribution in [3.63, 3.8) is 0 Å². The molecule has 6 nitrogen and oxygen atoms in total. The fraction of sp³-hybridized carbons (Fsp3) is 0.222. The molecule has 2 aromatic rings. The maximum Gasteiger partial charge on any atom is 0.289 e. The molecule has 84 valence electrons. The first-order valence-corrected chi connectivity index (χ1v) is 5.62. The number of hydrogen-bond acceptors (Lipinski definition) is 5. The Morgan fingerprint density at radius 3 is 3.06 bits per heavy atom. The summed E-state index contributed by atoms with van der Waals surface area (Å²) in [5, 5.41) is 12.8. The molecular formula is C9H11N5OS. The van der Waals surface area contributed by atoms with Crippen molar-refractivity contribution < 1.29 is 4.79 Å². The number of carbonyl (C=O) groups excluding carboxylic acids is 1. The van der Waals surface area contributed by atoms with Gasteiger partial charge in [0.15, 0.2) is 0 Å². The summed E-state index contributed by atoms with van der Waals surface area (Å²) < 4.78 is 0. The third-order valence-corrected chi connectivity index (χ3v) is 2.81. The molecule has 2 aromatic heterocycles. The van der Waals surface area contributed by atoms with Gasteiger partial charge in [0.25, 0.3) is 5.91 Å². The normalized spacial score (nSPS) is 12.3. The van der Waals surface area contributed by atoms with Crippen molar-refractivity contribution in [2.45, 2.75) is 13.0 Å². The molecule has 7 heteroatoms. The van der Waals surface area contributed by atoms with E-state index in [1.54, 1.807) is 11.3 Å². The fourth-order valence-corrected chi connectivity index (χ4v) is 2.00. The van der Waals surface area contributed by atoms with Crippen molar-refractivity contribution in [3.8, 4) is 0 Å². The van der Waals surface area contributed by atoms with Crippen molar-refractivity contribution in [3.05, 3.63) is 28.2 Å². The van der Waals surface area contributed by atoms with E-state index in [1.807, 2.05) is 23.8 Å². The average Bonchev–Trinajstić information content (AvgIpc) is 2.87. The van der Waals surface area contributed by atoms with Gasteiger partial charge in [-0.25, -0.2) is 0 Å². The highest BCUT2D eigenvalue weighted by atomic mass is 32.1. The van der Waals surface area contributed by atoms with Crippen molar-refractivity contribution in [2.24, 2.45) is 0 Å². The number of aromatic amines is 1. The lowest BCUT2D eigenvalue weighted by Crippen LogP contribution is -2.27. The molecule has 2 rings (SSSR count). The molecule has 0 bridgehead atoms. The highest BCUT2D eigenvalue weighted by Gasteiger charge is 2.14. The van der Waals surface area contributed by atoms with Crippen LogP contribution in [0.3, 0.4) is 0 Å². The van der Waals surface area contributed by atoms with Gasteiger partial charge in [-0.15, -0.1) is 5.10 Å². The molecule has 1 unspecified atom stereocenters. The Balaban J connectivity index is 2.03. The first-order chi connectivity index (χ1) is 7.66. The zero-order chi connectivity index (χ0) is 11.5. The van der Waals surface area contributed by atoms with E-state index in [4.69, 9.17) is 5.73 Å². The molecule has 1 amide bonds. The molecule has 0 radical (unpaired) electrons. The van der Waals surface area contributed by atoms with Gasteiger partial charge >= 0.3 is 0 Å². The minimum absolute atomic E-state index is 0.0633. The van der Waals surface area contributed by atoms with Gasteiger partial charge < -0.3 is 11.1 Å². The van der Waals surface area contributed by atoms with E-state index in [2.05, 4.69) is 20.5 Å². The van der Waals surface area contributed by atoms with Gasteiger partial charge in [0.2, 0.25) is 11.8 Å². The molecule has 0 aromatic carbocycles. The summed E-state index contributed by atoms with van der Waals surface area (Å²) >= 11 is 1.59. The fourth-order valence-electron chi connectivity index (χ4n) is 1.25. The van der Waals surface area contributed by atoms with Crippen molar-refractivity contribution in [1.82, 2.24) is 20.5 Å². The average molecular weight is 237 g/mol. The van der Waals surface area contributed by atoms with Crippen LogP contribution >= 0.6 is 11.3 Å². The number of nitrogens with one attached hydrogen (secondary N) is 2. The van der Waals surface area contributed by atoms with Gasteiger partial charge in [-0.3, -0.25) is 9.89 Å². The van der Waals surface area contributed by atoms with E-state index >= 15 is 0 Å². The zero-order valence-electron chi connectivity index (χ0n) is 8.60. The number of thiophene rings is 1. The molecule has 0 fully saturated rings. The minimum Gasteiger partial charge on any atom is -0.366 e. The van der Waals surface area contributed by atoms with E-state index in [9.17, 15) is 4.79 Å². The summed E-state index contributed by atoms with van der Waals surface area (Å²) in [6.07, 6.45) is 0. The Morgan fingerprint density at radius 1 is 1.69 bits per heavy atom. The largest absolute Gasteiger partial charge is 0.366 e. The summed E-state index contributed by atoms with van der Waals surface area (Å²) in [4.78, 5) is 15.4. The molecule has 0 aliphatic rings. The van der Waals surface area contributed by atoms with E-state index in [0.717, 1.165) is 5.56 Å². The van der Waals surface area contributed by atoms with Crippen LogP contribution in [0.2, 0.25) is 0 Å². The number of nitrogen functional groups attached to an aromatic ring is 1. The maximum absolute atomic E-state index is 11.7. The van der Waals surface area contributed by atoms with Crippen LogP contribution in [0, 0.1) is 0 Å². The molecular weight excluding hydrogens is 226 g/mol. The molecule has 4 N–H and O–H groups in total. The van der Waals surface area contributed by atoms with Crippen molar-refractivity contribution in [2.75, 3.05) is 5.73 Å². The van der Waals surface area contributed by atoms with E-state index in [1.165, 1.54) is 0 Å². The third-order valence-electron chi connectivity index (χ3n) is 2.11. The van der Waals surface area contributed by atoms with Gasteiger partial charge in [0, 0.05) is 0 Å². The van der Waals surface area contributed by atoms with E-state index < -0.39 is 0 Å². The number of nitrogens with zero attached hydrogens (tertiary/aromatic N) is 2. The van der Waals surface area contributed by atoms with Crippen LogP contribution in [-0.2, 0) is 0 Å². The van der Waals surface area contributed by atoms with Crippen LogP contribution in [0.4, 0.5) is 5.95 Å². The van der Waals surface area contributed by atoms with Crippen molar-refractivity contribution >= 4 is 23.2 Å². The highest BCUT2D eigenvalue weighted by Crippen LogP contribution is 2.15. The minimum atomic E-state index is -0.317. The Hall–Kier alpha value is -1.89. The molecule has 0 aliphatic heterocycles. The standard InChI is InChI=1S/C9H11N5OS/c1-5(6-2-3-16-4-6)11-8(15)7-12-9(10)14-13-7/h2-5H,1H3,(H,11,15)(H3,10,12,13,14). The Morgan fingerprint density at radius 2 is 2.50 bits per heavy atom. The number of aromatic nitrogens is 3. The van der Waals surface area contributed by atoms with Gasteiger partial charge in [-0.1, -0.05) is 0 Å². The number of anilines is 1. The lowest BCUT2D eigenvalue weighted by atomic mass is 10.2. The van der Waals surface area contributed by atoms with Crippen LogP contribution in [0.15, 0.2) is 16.8 Å². The second-order valence-electron chi connectivity index (χ2n) is 3.29. The predicted molar refractivity (Wildman–Crippen MR) is 61.0 cm³/mol. The third kappa shape index (κ3) is 2.19. The first kappa shape index (κ1) is 10.6. The SMILES string of the molecule is CC(NC(=O)c1nc(N)n[nH]1)c1ccsc1. The number of nitrogens with two attached hydrogens (primary N) is 1. The molecule has 0 aliphatic carbocycles. The molecule has 0 saturated heterocycles. The second-order valence-corrected chi connectivity index (χ2v) is 4.07. The maximum atomic E-state index is 11.7. The van der Waals surface area contributed by atoms with Crippen molar-refractivity contribution in [1.29, 1.82) is 0 Å². The Bertz CT molecular complexity index is 478. The molecule has 0 saturated carbocycles. The topological polar surface area (TPSA) is 96.7 Å². The number of H-pyrrole nitrogens is 1. The van der Waals surface area contributed by atoms with Gasteiger partial charge in [0.05, 0.1) is 6.04 Å². The lowest BCUT2D eigenvalue weighted by Gasteiger charge is -2.10. The predicted octanol–water partition coefficient (Wildman–Crippen LogP) is 0.939. The van der Waals surface area contributed by atoms with E-state index in [0.29, 0.717) is 0 Å². The van der Waals surface area contributed by atoms with Crippen LogP contribution in [-0.4, -0.2) is 21.1 Å². The molecule has 2 heterocycles. The quantitative estimate of drug-likeness (QED) is 0.740. The van der Waals surface area contributed by atoms with Gasteiger partial charge in [0.1, 0.15) is 0 Å². The highest BCUT2D eigenvalue weighted by molar-refractivity contribution is 7.07. The van der Waals surface area contributed by atoms with E-state index in [-0.39, 0.29) is 23.7 Å². The summed E-state index contributed by atoms with van der Waals surface area (Å²) in [6.45, 7) is 1.90. The van der Waals surface area contributed by atoms with Crippen LogP contribution in [0.25, 0.3) is 0 Å². The molecule has 16 heavy (non-hydrogen) atoms. The second kappa shape index (κ2) is 4.31. The Kier molecular flexibility index (Phi) is 2.86. The van der Waals surface area contributed by atoms with Crippen LogP contribution in [0.5, 0.6) is 0 Å². The van der Waals surface area contributed by atoms with Crippen LogP contribution < -0.4 is 11.1 Å². The number of carbonyl (C=O) groups is 1.